The third kappa shape index (κ3) is 3.22. The van der Waals surface area contributed by atoms with Crippen LogP contribution in [0.5, 0.6) is 0 Å². The van der Waals surface area contributed by atoms with E-state index in [9.17, 15) is 8.42 Å². The van der Waals surface area contributed by atoms with E-state index in [0.29, 0.717) is 25.7 Å². The van der Waals surface area contributed by atoms with Crippen molar-refractivity contribution in [3.63, 3.8) is 0 Å². The number of benzene rings is 1. The van der Waals surface area contributed by atoms with Gasteiger partial charge in [0.2, 0.25) is 10.0 Å². The van der Waals surface area contributed by atoms with Crippen LogP contribution >= 0.6 is 11.6 Å². The average molecular weight is 386 g/mol. The van der Waals surface area contributed by atoms with E-state index in [2.05, 4.69) is 16.8 Å². The van der Waals surface area contributed by atoms with Crippen molar-refractivity contribution >= 4 is 21.6 Å². The van der Waals surface area contributed by atoms with E-state index < -0.39 is 10.0 Å². The first-order valence-corrected chi connectivity index (χ1v) is 10.5. The van der Waals surface area contributed by atoms with E-state index in [4.69, 9.17) is 16.3 Å². The lowest BCUT2D eigenvalue weighted by Gasteiger charge is -2.46. The molecule has 4 rings (SSSR count). The summed E-state index contributed by atoms with van der Waals surface area (Å²) in [6, 6.07) is 7.01. The van der Waals surface area contributed by atoms with Crippen molar-refractivity contribution < 1.29 is 13.2 Å². The van der Waals surface area contributed by atoms with Crippen molar-refractivity contribution in [3.8, 4) is 0 Å². The molecule has 0 radical (unpaired) electrons. The molecule has 0 aromatic heterocycles. The maximum Gasteiger partial charge on any atom is 0.244 e. The molecule has 138 valence electrons. The average Bonchev–Trinajstić information content (AvgIpc) is 3.00. The molecule has 3 fully saturated rings. The lowest BCUT2D eigenvalue weighted by molar-refractivity contribution is -0.0774. The third-order valence-corrected chi connectivity index (χ3v) is 7.92. The van der Waals surface area contributed by atoms with E-state index in [-0.39, 0.29) is 15.5 Å². The molecule has 0 saturated carbocycles. The summed E-state index contributed by atoms with van der Waals surface area (Å²) in [5.74, 6) is 0. The summed E-state index contributed by atoms with van der Waals surface area (Å²) in [5, 5.41) is 0.270. The van der Waals surface area contributed by atoms with Gasteiger partial charge in [-0.1, -0.05) is 23.7 Å². The molecule has 3 aliphatic heterocycles. The summed E-state index contributed by atoms with van der Waals surface area (Å²) >= 11 is 6.07. The van der Waals surface area contributed by atoms with E-state index in [0.717, 1.165) is 32.6 Å². The summed E-state index contributed by atoms with van der Waals surface area (Å²) in [5.41, 5.74) is -0.317. The lowest BCUT2D eigenvalue weighted by atomic mass is 9.91. The Kier molecular flexibility index (Phi) is 4.58. The number of hydrogen-bond acceptors (Lipinski definition) is 5. The second kappa shape index (κ2) is 6.48. The van der Waals surface area contributed by atoms with Gasteiger partial charge in [0.15, 0.2) is 0 Å². The minimum Gasteiger partial charge on any atom is -0.371 e. The smallest absolute Gasteiger partial charge is 0.244 e. The first-order valence-electron chi connectivity index (χ1n) is 8.71. The van der Waals surface area contributed by atoms with Gasteiger partial charge in [-0.25, -0.2) is 8.42 Å². The highest BCUT2D eigenvalue weighted by Crippen LogP contribution is 2.40. The molecule has 1 unspecified atom stereocenters. The Bertz CT molecular complexity index is 743. The Morgan fingerprint density at radius 3 is 2.52 bits per heavy atom. The first kappa shape index (κ1) is 17.7. The summed E-state index contributed by atoms with van der Waals surface area (Å²) in [7, 11) is -1.40. The number of rotatable bonds is 3. The normalized spacial score (nSPS) is 28.3. The molecule has 3 saturated heterocycles. The van der Waals surface area contributed by atoms with Crippen LogP contribution in [0.25, 0.3) is 0 Å². The minimum absolute atomic E-state index is 0.181. The van der Waals surface area contributed by atoms with Gasteiger partial charge in [0.25, 0.3) is 0 Å². The van der Waals surface area contributed by atoms with Crippen molar-refractivity contribution in [2.24, 2.45) is 0 Å². The largest absolute Gasteiger partial charge is 0.371 e. The fourth-order valence-corrected chi connectivity index (χ4v) is 6.10. The van der Waals surface area contributed by atoms with Crippen LogP contribution < -0.4 is 0 Å². The van der Waals surface area contributed by atoms with Gasteiger partial charge >= 0.3 is 0 Å². The zero-order chi connectivity index (χ0) is 17.7. The maximum absolute atomic E-state index is 12.8. The zero-order valence-corrected chi connectivity index (χ0v) is 16.0. The topological polar surface area (TPSA) is 53.1 Å². The Morgan fingerprint density at radius 2 is 1.84 bits per heavy atom. The Labute approximate surface area is 154 Å². The molecule has 25 heavy (non-hydrogen) atoms. The molecule has 0 bridgehead atoms. The van der Waals surface area contributed by atoms with Crippen molar-refractivity contribution in [1.29, 1.82) is 0 Å². The molecule has 3 aliphatic rings. The van der Waals surface area contributed by atoms with Crippen molar-refractivity contribution in [2.75, 3.05) is 52.9 Å². The van der Waals surface area contributed by atoms with Gasteiger partial charge in [0.1, 0.15) is 4.90 Å². The number of sulfonamides is 1. The lowest BCUT2D eigenvalue weighted by Crippen LogP contribution is -2.63. The van der Waals surface area contributed by atoms with Crippen LogP contribution in [-0.4, -0.2) is 87.1 Å². The number of hydrogen-bond donors (Lipinski definition) is 0. The van der Waals surface area contributed by atoms with E-state index in [1.807, 2.05) is 0 Å². The third-order valence-electron chi connectivity index (χ3n) is 5.63. The SMILES string of the molecule is CN1CCN(C2COC3(C2)CN(S(=O)(=O)c2ccccc2Cl)C3)CC1. The second-order valence-electron chi connectivity index (χ2n) is 7.39. The molecular weight excluding hydrogens is 362 g/mol. The Balaban J connectivity index is 1.40. The maximum atomic E-state index is 12.8. The van der Waals surface area contributed by atoms with Crippen molar-refractivity contribution in [2.45, 2.75) is 23.0 Å². The highest BCUT2D eigenvalue weighted by molar-refractivity contribution is 7.89. The summed E-state index contributed by atoms with van der Waals surface area (Å²) in [6.07, 6.45) is 0.908. The molecule has 0 aliphatic carbocycles. The highest BCUT2D eigenvalue weighted by atomic mass is 35.5. The predicted octanol–water partition coefficient (Wildman–Crippen LogP) is 1.12. The monoisotopic (exact) mass is 385 g/mol. The first-order chi connectivity index (χ1) is 11.9. The number of halogens is 1. The molecule has 3 heterocycles. The molecule has 6 nitrogen and oxygen atoms in total. The summed E-state index contributed by atoms with van der Waals surface area (Å²) in [6.45, 7) is 5.82. The van der Waals surface area contributed by atoms with Gasteiger partial charge in [-0.05, 0) is 25.6 Å². The van der Waals surface area contributed by atoms with Gasteiger partial charge in [0.05, 0.1) is 17.2 Å². The molecule has 0 N–H and O–H groups in total. The van der Waals surface area contributed by atoms with Crippen LogP contribution in [0.4, 0.5) is 0 Å². The van der Waals surface area contributed by atoms with Gasteiger partial charge < -0.3 is 9.64 Å². The fraction of sp³-hybridized carbons (Fsp3) is 0.647. The molecule has 1 spiro atoms. The van der Waals surface area contributed by atoms with Gasteiger partial charge in [-0.15, -0.1) is 0 Å². The van der Waals surface area contributed by atoms with Crippen molar-refractivity contribution in [1.82, 2.24) is 14.1 Å². The van der Waals surface area contributed by atoms with Gasteiger partial charge in [-0.3, -0.25) is 4.90 Å². The summed E-state index contributed by atoms with van der Waals surface area (Å²) < 4.78 is 33.1. The highest BCUT2D eigenvalue weighted by Gasteiger charge is 2.54. The van der Waals surface area contributed by atoms with Crippen LogP contribution in [-0.2, 0) is 14.8 Å². The number of likely N-dealkylation sites (N-methyl/N-ethyl adjacent to an activating group) is 1. The van der Waals surface area contributed by atoms with E-state index in [1.54, 1.807) is 24.3 Å². The van der Waals surface area contributed by atoms with Crippen LogP contribution in [0.15, 0.2) is 29.2 Å². The van der Waals surface area contributed by atoms with Gasteiger partial charge in [0, 0.05) is 45.3 Å². The van der Waals surface area contributed by atoms with Crippen LogP contribution in [0, 0.1) is 0 Å². The van der Waals surface area contributed by atoms with Gasteiger partial charge in [-0.2, -0.15) is 4.31 Å². The molecule has 8 heteroatoms. The second-order valence-corrected chi connectivity index (χ2v) is 9.71. The van der Waals surface area contributed by atoms with Crippen molar-refractivity contribution in [3.05, 3.63) is 29.3 Å². The molecule has 1 atom stereocenters. The Morgan fingerprint density at radius 1 is 1.16 bits per heavy atom. The van der Waals surface area contributed by atoms with Crippen LogP contribution in [0.1, 0.15) is 6.42 Å². The van der Waals surface area contributed by atoms with Crippen LogP contribution in [0.3, 0.4) is 0 Å². The molecule has 1 aromatic carbocycles. The number of ether oxygens (including phenoxy) is 1. The van der Waals surface area contributed by atoms with E-state index in [1.165, 1.54) is 4.31 Å². The Hall–Kier alpha value is -0.700. The number of nitrogens with zero attached hydrogens (tertiary/aromatic N) is 3. The summed E-state index contributed by atoms with van der Waals surface area (Å²) in [4.78, 5) is 5.00. The van der Waals surface area contributed by atoms with Crippen LogP contribution in [0.2, 0.25) is 5.02 Å². The number of piperazine rings is 1. The fourth-order valence-electron chi connectivity index (χ4n) is 4.02. The molecular formula is C17H24ClN3O3S. The predicted molar refractivity (Wildman–Crippen MR) is 96.4 cm³/mol. The zero-order valence-electron chi connectivity index (χ0n) is 14.4. The minimum atomic E-state index is -3.54. The quantitative estimate of drug-likeness (QED) is 0.780. The molecule has 0 amide bonds. The van der Waals surface area contributed by atoms with E-state index >= 15 is 0 Å². The molecule has 1 aromatic rings. The standard InChI is InChI=1S/C17H24ClN3O3S/c1-19-6-8-20(9-7-19)14-10-17(24-11-14)12-21(13-17)25(22,23)16-5-3-2-4-15(16)18/h2-5,14H,6-13H2,1H3.